The summed E-state index contributed by atoms with van der Waals surface area (Å²) in [4.78, 5) is 2.42. The number of benzene rings is 1. The Balaban J connectivity index is 1.67. The van der Waals surface area contributed by atoms with E-state index in [1.165, 1.54) is 11.1 Å². The van der Waals surface area contributed by atoms with E-state index < -0.39 is 0 Å². The number of morpholine rings is 1. The molecule has 0 radical (unpaired) electrons. The van der Waals surface area contributed by atoms with Crippen LogP contribution in [0.2, 0.25) is 0 Å². The van der Waals surface area contributed by atoms with Gasteiger partial charge in [0.25, 0.3) is 0 Å². The third-order valence-corrected chi connectivity index (χ3v) is 5.64. The molecule has 1 saturated heterocycles. The number of rotatable bonds is 5. The maximum Gasteiger partial charge on any atom is 0.0727 e. The van der Waals surface area contributed by atoms with E-state index >= 15 is 0 Å². The Morgan fingerprint density at radius 3 is 2.71 bits per heavy atom. The van der Waals surface area contributed by atoms with Crippen LogP contribution in [0, 0.1) is 0 Å². The molecule has 0 spiro atoms. The summed E-state index contributed by atoms with van der Waals surface area (Å²) in [6.45, 7) is 7.84. The van der Waals surface area contributed by atoms with Crippen LogP contribution >= 0.6 is 0 Å². The molecule has 3 atom stereocenters. The van der Waals surface area contributed by atoms with Crippen molar-refractivity contribution in [2.45, 2.75) is 50.7 Å². The Morgan fingerprint density at radius 2 is 2.05 bits per heavy atom. The molecule has 0 aromatic heterocycles. The fourth-order valence-corrected chi connectivity index (χ4v) is 3.84. The van der Waals surface area contributed by atoms with Gasteiger partial charge in [-0.1, -0.05) is 31.2 Å². The highest BCUT2D eigenvalue weighted by atomic mass is 16.5. The highest BCUT2D eigenvalue weighted by Gasteiger charge is 2.40. The largest absolute Gasteiger partial charge is 0.391 e. The minimum Gasteiger partial charge on any atom is -0.391 e. The zero-order valence-corrected chi connectivity index (χ0v) is 13.2. The fraction of sp³-hybridized carbons (Fsp3) is 0.667. The van der Waals surface area contributed by atoms with Gasteiger partial charge in [0, 0.05) is 18.6 Å². The third kappa shape index (κ3) is 2.75. The summed E-state index contributed by atoms with van der Waals surface area (Å²) in [7, 11) is 0. The number of nitrogens with zero attached hydrogens (tertiary/aromatic N) is 1. The molecule has 1 aromatic carbocycles. The molecule has 3 nitrogen and oxygen atoms in total. The smallest absolute Gasteiger partial charge is 0.0727 e. The monoisotopic (exact) mass is 289 g/mol. The maximum atomic E-state index is 10.9. The van der Waals surface area contributed by atoms with Crippen LogP contribution in [0.1, 0.15) is 43.7 Å². The molecule has 0 bridgehead atoms. The van der Waals surface area contributed by atoms with Gasteiger partial charge >= 0.3 is 0 Å². The highest BCUT2D eigenvalue weighted by Crippen LogP contribution is 2.40. The van der Waals surface area contributed by atoms with Gasteiger partial charge in [-0.05, 0) is 43.2 Å². The van der Waals surface area contributed by atoms with Gasteiger partial charge in [0.2, 0.25) is 0 Å². The van der Waals surface area contributed by atoms with E-state index in [0.717, 1.165) is 45.6 Å². The normalized spacial score (nSPS) is 26.5. The summed E-state index contributed by atoms with van der Waals surface area (Å²) >= 11 is 0. The molecule has 3 unspecified atom stereocenters. The van der Waals surface area contributed by atoms with E-state index in [-0.39, 0.29) is 11.6 Å². The van der Waals surface area contributed by atoms with Crippen LogP contribution in [-0.4, -0.2) is 48.0 Å². The molecule has 0 saturated carbocycles. The van der Waals surface area contributed by atoms with Crippen LogP contribution in [0.25, 0.3) is 0 Å². The van der Waals surface area contributed by atoms with Crippen molar-refractivity contribution in [2.75, 3.05) is 26.3 Å². The van der Waals surface area contributed by atoms with Crippen molar-refractivity contribution in [3.8, 4) is 0 Å². The lowest BCUT2D eigenvalue weighted by Gasteiger charge is -2.47. The van der Waals surface area contributed by atoms with Gasteiger partial charge in [-0.15, -0.1) is 0 Å². The number of aliphatic hydroxyl groups is 1. The lowest BCUT2D eigenvalue weighted by atomic mass is 9.72. The Morgan fingerprint density at radius 1 is 1.33 bits per heavy atom. The molecule has 1 heterocycles. The SMILES string of the molecule is CCC(C)(C(O)CC1Cc2ccccc21)N1CCOCC1. The predicted octanol–water partition coefficient (Wildman–Crippen LogP) is 2.58. The maximum absolute atomic E-state index is 10.9. The molecule has 0 amide bonds. The predicted molar refractivity (Wildman–Crippen MR) is 84.6 cm³/mol. The van der Waals surface area contributed by atoms with Gasteiger partial charge in [-0.3, -0.25) is 4.90 Å². The second-order valence-corrected chi connectivity index (χ2v) is 6.66. The minimum absolute atomic E-state index is 0.131. The molecule has 2 aliphatic rings. The molecule has 3 heteroatoms. The minimum atomic E-state index is -0.279. The quantitative estimate of drug-likeness (QED) is 0.904. The summed E-state index contributed by atoms with van der Waals surface area (Å²) in [6.07, 6.45) is 2.69. The van der Waals surface area contributed by atoms with Gasteiger partial charge in [0.15, 0.2) is 0 Å². The van der Waals surface area contributed by atoms with E-state index in [1.807, 2.05) is 0 Å². The average molecular weight is 289 g/mol. The summed E-state index contributed by atoms with van der Waals surface area (Å²) in [5.41, 5.74) is 2.77. The summed E-state index contributed by atoms with van der Waals surface area (Å²) in [5.74, 6) is 0.531. The number of aliphatic hydroxyl groups excluding tert-OH is 1. The number of hydrogen-bond donors (Lipinski definition) is 1. The van der Waals surface area contributed by atoms with Crippen molar-refractivity contribution in [1.82, 2.24) is 4.90 Å². The van der Waals surface area contributed by atoms with Crippen LogP contribution in [0.3, 0.4) is 0 Å². The number of fused-ring (bicyclic) bond motifs is 1. The van der Waals surface area contributed by atoms with E-state index in [0.29, 0.717) is 5.92 Å². The zero-order valence-electron chi connectivity index (χ0n) is 13.2. The van der Waals surface area contributed by atoms with E-state index in [2.05, 4.69) is 43.0 Å². The molecule has 3 rings (SSSR count). The van der Waals surface area contributed by atoms with Gasteiger partial charge in [0.05, 0.1) is 19.3 Å². The van der Waals surface area contributed by atoms with Crippen LogP contribution in [-0.2, 0) is 11.2 Å². The Hall–Kier alpha value is -0.900. The standard InChI is InChI=1S/C18H27NO2/c1-3-18(2,19-8-10-21-11-9-19)17(20)13-15-12-14-6-4-5-7-16(14)15/h4-7,15,17,20H,3,8-13H2,1-2H3. The third-order valence-electron chi connectivity index (χ3n) is 5.64. The van der Waals surface area contributed by atoms with Gasteiger partial charge in [0.1, 0.15) is 0 Å². The number of ether oxygens (including phenoxy) is 1. The molecule has 21 heavy (non-hydrogen) atoms. The van der Waals surface area contributed by atoms with Gasteiger partial charge in [-0.2, -0.15) is 0 Å². The summed E-state index contributed by atoms with van der Waals surface area (Å²) < 4.78 is 5.46. The molecule has 1 fully saturated rings. The first kappa shape index (κ1) is 15.0. The summed E-state index contributed by atoms with van der Waals surface area (Å²) in [6, 6.07) is 8.64. The first-order valence-electron chi connectivity index (χ1n) is 8.24. The highest BCUT2D eigenvalue weighted by molar-refractivity contribution is 5.40. The van der Waals surface area contributed by atoms with Crippen molar-refractivity contribution in [3.63, 3.8) is 0 Å². The second-order valence-electron chi connectivity index (χ2n) is 6.66. The molecule has 1 N–H and O–H groups in total. The van der Waals surface area contributed by atoms with Gasteiger partial charge < -0.3 is 9.84 Å². The van der Waals surface area contributed by atoms with Crippen LogP contribution in [0.4, 0.5) is 0 Å². The molecule has 1 aliphatic heterocycles. The van der Waals surface area contributed by atoms with Crippen molar-refractivity contribution in [3.05, 3.63) is 35.4 Å². The molecular weight excluding hydrogens is 262 g/mol. The van der Waals surface area contributed by atoms with Crippen LogP contribution in [0.5, 0.6) is 0 Å². The molecule has 116 valence electrons. The van der Waals surface area contributed by atoms with Crippen molar-refractivity contribution in [2.24, 2.45) is 0 Å². The molecule has 1 aromatic rings. The fourth-order valence-electron chi connectivity index (χ4n) is 3.84. The Bertz CT molecular complexity index is 484. The van der Waals surface area contributed by atoms with Crippen molar-refractivity contribution < 1.29 is 9.84 Å². The Labute approximate surface area is 127 Å². The molecular formula is C18H27NO2. The van der Waals surface area contributed by atoms with E-state index in [1.54, 1.807) is 0 Å². The van der Waals surface area contributed by atoms with E-state index in [4.69, 9.17) is 4.74 Å². The lowest BCUT2D eigenvalue weighted by Crippen LogP contribution is -2.58. The zero-order chi connectivity index (χ0) is 14.9. The van der Waals surface area contributed by atoms with Gasteiger partial charge in [-0.25, -0.2) is 0 Å². The number of hydrogen-bond acceptors (Lipinski definition) is 3. The second kappa shape index (κ2) is 6.07. The summed E-state index contributed by atoms with van der Waals surface area (Å²) in [5, 5.41) is 10.9. The first-order valence-corrected chi connectivity index (χ1v) is 8.24. The van der Waals surface area contributed by atoms with Crippen molar-refractivity contribution in [1.29, 1.82) is 0 Å². The van der Waals surface area contributed by atoms with E-state index in [9.17, 15) is 5.11 Å². The molecule has 1 aliphatic carbocycles. The van der Waals surface area contributed by atoms with Crippen molar-refractivity contribution >= 4 is 0 Å². The lowest BCUT2D eigenvalue weighted by molar-refractivity contribution is -0.0762. The first-order chi connectivity index (χ1) is 10.1. The average Bonchev–Trinajstić information content (AvgIpc) is 2.52. The Kier molecular flexibility index (Phi) is 4.34. The topological polar surface area (TPSA) is 32.7 Å². The van der Waals surface area contributed by atoms with Crippen LogP contribution in [0.15, 0.2) is 24.3 Å². The van der Waals surface area contributed by atoms with Crippen LogP contribution < -0.4 is 0 Å².